The van der Waals surface area contributed by atoms with Crippen LogP contribution in [0.4, 0.5) is 4.39 Å². The second-order valence-corrected chi connectivity index (χ2v) is 7.87. The number of fused-ring (bicyclic) bond motifs is 1. The highest BCUT2D eigenvalue weighted by Gasteiger charge is 2.25. The molecule has 0 spiro atoms. The molecule has 2 aromatic heterocycles. The fourth-order valence-corrected chi connectivity index (χ4v) is 3.81. The Balaban J connectivity index is 1.70. The van der Waals surface area contributed by atoms with Crippen LogP contribution in [0.1, 0.15) is 31.7 Å². The molecule has 0 bridgehead atoms. The molecular weight excluding hydrogens is 486 g/mol. The predicted octanol–water partition coefficient (Wildman–Crippen LogP) is 3.08. The minimum Gasteiger partial charge on any atom is -0.383 e. The lowest BCUT2D eigenvalue weighted by atomic mass is 10.1. The van der Waals surface area contributed by atoms with Crippen LogP contribution in [0.3, 0.4) is 0 Å². The molecule has 0 aliphatic carbocycles. The van der Waals surface area contributed by atoms with Gasteiger partial charge < -0.3 is 20.9 Å². The highest BCUT2D eigenvalue weighted by molar-refractivity contribution is 14.1. The van der Waals surface area contributed by atoms with Gasteiger partial charge in [0.05, 0.1) is 4.43 Å². The number of amides is 1. The van der Waals surface area contributed by atoms with Crippen LogP contribution in [-0.2, 0) is 4.79 Å². The molecule has 1 aliphatic heterocycles. The zero-order chi connectivity index (χ0) is 20.8. The quantitative estimate of drug-likeness (QED) is 0.219. The van der Waals surface area contributed by atoms with Crippen LogP contribution in [0.25, 0.3) is 11.0 Å². The molecule has 1 fully saturated rings. The maximum atomic E-state index is 14.5. The molecule has 1 amide bonds. The third kappa shape index (κ3) is 5.26. The predicted molar refractivity (Wildman–Crippen MR) is 121 cm³/mol. The number of alkyl halides is 1. The molecular formula is C20H26FIN6O. The zero-order valence-electron chi connectivity index (χ0n) is 16.4. The van der Waals surface area contributed by atoms with Crippen molar-refractivity contribution in [2.24, 2.45) is 16.6 Å². The first-order valence-electron chi connectivity index (χ1n) is 9.76. The first-order valence-corrected chi connectivity index (χ1v) is 11.3. The number of carbonyl (C=O) groups is 1. The molecule has 7 nitrogen and oxygen atoms in total. The van der Waals surface area contributed by atoms with E-state index in [0.29, 0.717) is 30.7 Å². The molecule has 0 unspecified atom stereocenters. The van der Waals surface area contributed by atoms with Gasteiger partial charge in [0.15, 0.2) is 11.6 Å². The van der Waals surface area contributed by atoms with Gasteiger partial charge in [0, 0.05) is 49.4 Å². The SMILES string of the molecule is CCCC(=O)N1CC[C@H](CNC(/N=C(\N)c2c[nH]c3ncccc23)=C(\F)CI)C1. The molecule has 0 aromatic carbocycles. The van der Waals surface area contributed by atoms with E-state index in [2.05, 4.69) is 20.3 Å². The number of carbonyl (C=O) groups excluding carboxylic acids is 1. The van der Waals surface area contributed by atoms with Gasteiger partial charge in [0.2, 0.25) is 5.91 Å². The van der Waals surface area contributed by atoms with Gasteiger partial charge in [-0.1, -0.05) is 29.5 Å². The molecule has 2 aromatic rings. The smallest absolute Gasteiger partial charge is 0.222 e. The van der Waals surface area contributed by atoms with Crippen LogP contribution in [-0.4, -0.2) is 50.7 Å². The summed E-state index contributed by atoms with van der Waals surface area (Å²) >= 11 is 1.96. The average molecular weight is 512 g/mol. The van der Waals surface area contributed by atoms with Crippen LogP contribution < -0.4 is 11.1 Å². The molecule has 156 valence electrons. The molecule has 4 N–H and O–H groups in total. The van der Waals surface area contributed by atoms with Crippen molar-refractivity contribution in [3.8, 4) is 0 Å². The van der Waals surface area contributed by atoms with Crippen LogP contribution in [0.15, 0.2) is 41.2 Å². The fraction of sp³-hybridized carbons (Fsp3) is 0.450. The van der Waals surface area contributed by atoms with E-state index < -0.39 is 0 Å². The number of aromatic amines is 1. The minimum atomic E-state index is -0.358. The number of likely N-dealkylation sites (tertiary alicyclic amines) is 1. The van der Waals surface area contributed by atoms with Gasteiger partial charge in [-0.05, 0) is 30.9 Å². The first-order chi connectivity index (χ1) is 14.0. The van der Waals surface area contributed by atoms with Crippen molar-refractivity contribution in [1.82, 2.24) is 20.2 Å². The van der Waals surface area contributed by atoms with Gasteiger partial charge in [-0.25, -0.2) is 14.4 Å². The summed E-state index contributed by atoms with van der Waals surface area (Å²) in [5.41, 5.74) is 7.57. The molecule has 29 heavy (non-hydrogen) atoms. The summed E-state index contributed by atoms with van der Waals surface area (Å²) in [6.45, 7) is 4.00. The summed E-state index contributed by atoms with van der Waals surface area (Å²) < 4.78 is 14.6. The van der Waals surface area contributed by atoms with E-state index in [-0.39, 0.29) is 33.7 Å². The zero-order valence-corrected chi connectivity index (χ0v) is 18.6. The number of hydrogen-bond acceptors (Lipinski definition) is 4. The molecule has 0 radical (unpaired) electrons. The highest BCUT2D eigenvalue weighted by atomic mass is 127. The van der Waals surface area contributed by atoms with Gasteiger partial charge in [-0.15, -0.1) is 0 Å². The van der Waals surface area contributed by atoms with Crippen molar-refractivity contribution >= 4 is 45.4 Å². The first kappa shape index (κ1) is 21.5. The summed E-state index contributed by atoms with van der Waals surface area (Å²) in [4.78, 5) is 25.6. The molecule has 3 rings (SSSR count). The van der Waals surface area contributed by atoms with E-state index in [1.807, 2.05) is 46.5 Å². The van der Waals surface area contributed by atoms with Crippen molar-refractivity contribution in [2.45, 2.75) is 26.2 Å². The van der Waals surface area contributed by atoms with Crippen molar-refractivity contribution in [2.75, 3.05) is 24.1 Å². The van der Waals surface area contributed by atoms with Crippen LogP contribution in [0, 0.1) is 5.92 Å². The second kappa shape index (κ2) is 10.0. The lowest BCUT2D eigenvalue weighted by Crippen LogP contribution is -2.31. The van der Waals surface area contributed by atoms with Crippen LogP contribution >= 0.6 is 22.6 Å². The number of nitrogens with one attached hydrogen (secondary N) is 2. The van der Waals surface area contributed by atoms with Gasteiger partial charge in [-0.2, -0.15) is 0 Å². The van der Waals surface area contributed by atoms with Crippen molar-refractivity contribution in [3.05, 3.63) is 41.7 Å². The number of aliphatic imine (C=N–C) groups is 1. The topological polar surface area (TPSA) is 99.4 Å². The summed E-state index contributed by atoms with van der Waals surface area (Å²) in [7, 11) is 0. The van der Waals surface area contributed by atoms with E-state index in [9.17, 15) is 9.18 Å². The van der Waals surface area contributed by atoms with Gasteiger partial charge >= 0.3 is 0 Å². The molecule has 0 saturated carbocycles. The number of nitrogens with two attached hydrogens (primary N) is 1. The van der Waals surface area contributed by atoms with Crippen molar-refractivity contribution < 1.29 is 9.18 Å². The van der Waals surface area contributed by atoms with Gasteiger partial charge in [-0.3, -0.25) is 4.79 Å². The van der Waals surface area contributed by atoms with E-state index in [0.717, 1.165) is 24.8 Å². The number of aromatic nitrogens is 2. The standard InChI is InChI=1S/C20H26FIN6O/c1-2-4-17(29)28-8-6-13(12-28)10-25-20(16(21)9-22)27-18(23)15-11-26-19-14(15)5-3-7-24-19/h3,5,7,11,13,25H,2,4,6,8-10,12H2,1H3,(H2,23,27)(H,24,26)/b20-16+/t13-/m1/s1. The molecule has 1 aliphatic rings. The number of hydrogen-bond donors (Lipinski definition) is 3. The summed E-state index contributed by atoms with van der Waals surface area (Å²) in [5, 5.41) is 3.95. The Morgan fingerprint density at radius 1 is 1.55 bits per heavy atom. The largest absolute Gasteiger partial charge is 0.383 e. The Labute approximate surface area is 183 Å². The van der Waals surface area contributed by atoms with E-state index in [1.54, 1.807) is 12.4 Å². The monoisotopic (exact) mass is 512 g/mol. The summed E-state index contributed by atoms with van der Waals surface area (Å²) in [5.74, 6) is 0.468. The highest BCUT2D eigenvalue weighted by Crippen LogP contribution is 2.19. The Kier molecular flexibility index (Phi) is 7.45. The third-order valence-electron chi connectivity index (χ3n) is 4.99. The second-order valence-electron chi connectivity index (χ2n) is 7.11. The van der Waals surface area contributed by atoms with Crippen molar-refractivity contribution in [1.29, 1.82) is 0 Å². The summed E-state index contributed by atoms with van der Waals surface area (Å²) in [6, 6.07) is 3.71. The lowest BCUT2D eigenvalue weighted by molar-refractivity contribution is -0.130. The Morgan fingerprint density at radius 3 is 3.14 bits per heavy atom. The maximum absolute atomic E-state index is 14.5. The Hall–Kier alpha value is -2.17. The number of amidine groups is 1. The van der Waals surface area contributed by atoms with Gasteiger partial charge in [0.25, 0.3) is 0 Å². The molecule has 9 heteroatoms. The lowest BCUT2D eigenvalue weighted by Gasteiger charge is -2.17. The van der Waals surface area contributed by atoms with Crippen LogP contribution in [0.2, 0.25) is 0 Å². The number of rotatable bonds is 8. The average Bonchev–Trinajstić information content (AvgIpc) is 3.37. The number of halogens is 2. The molecule has 3 heterocycles. The fourth-order valence-electron chi connectivity index (χ4n) is 3.45. The number of pyridine rings is 1. The molecule has 1 saturated heterocycles. The Bertz CT molecular complexity index is 925. The maximum Gasteiger partial charge on any atom is 0.222 e. The Morgan fingerprint density at radius 2 is 2.38 bits per heavy atom. The normalized spacial score (nSPS) is 18.2. The molecule has 1 atom stereocenters. The third-order valence-corrected chi connectivity index (χ3v) is 5.66. The van der Waals surface area contributed by atoms with Crippen LogP contribution in [0.5, 0.6) is 0 Å². The number of H-pyrrole nitrogens is 1. The van der Waals surface area contributed by atoms with E-state index in [4.69, 9.17) is 5.73 Å². The van der Waals surface area contributed by atoms with Crippen molar-refractivity contribution in [3.63, 3.8) is 0 Å². The van der Waals surface area contributed by atoms with E-state index in [1.165, 1.54) is 0 Å². The minimum absolute atomic E-state index is 0.147. The number of allylic oxidation sites excluding steroid dienone is 1. The summed E-state index contributed by atoms with van der Waals surface area (Å²) in [6.07, 6.45) is 5.74. The van der Waals surface area contributed by atoms with Gasteiger partial charge in [0.1, 0.15) is 11.5 Å². The van der Waals surface area contributed by atoms with E-state index >= 15 is 0 Å². The number of nitrogens with zero attached hydrogens (tertiary/aromatic N) is 3.